The lowest BCUT2D eigenvalue weighted by atomic mass is 10.1. The second-order valence-electron chi connectivity index (χ2n) is 14.5. The number of rotatable bonds is 7. The van der Waals surface area contributed by atoms with Crippen LogP contribution in [0.4, 0.5) is 26.3 Å². The predicted molar refractivity (Wildman–Crippen MR) is 187 cm³/mol. The zero-order valence-corrected chi connectivity index (χ0v) is 31.8. The first-order chi connectivity index (χ1) is 23.6. The molecule has 0 aromatic heterocycles. The third-order valence-electron chi connectivity index (χ3n) is 6.29. The minimum absolute atomic E-state index is 0.00597. The van der Waals surface area contributed by atoms with E-state index in [1.54, 1.807) is 0 Å². The first-order valence-electron chi connectivity index (χ1n) is 15.9. The normalized spacial score (nSPS) is 12.9. The highest BCUT2D eigenvalue weighted by molar-refractivity contribution is 7.97. The predicted octanol–water partition coefficient (Wildman–Crippen LogP) is 10.9. The molecule has 52 heavy (non-hydrogen) atoms. The van der Waals surface area contributed by atoms with Crippen molar-refractivity contribution in [3.05, 3.63) is 102 Å². The highest BCUT2D eigenvalue weighted by atomic mass is 32.2. The molecular weight excluding hydrogens is 731 g/mol. The Morgan fingerprint density at radius 2 is 0.962 bits per heavy atom. The van der Waals surface area contributed by atoms with Gasteiger partial charge < -0.3 is 18.8 Å². The molecule has 0 heterocycles. The Morgan fingerprint density at radius 1 is 0.558 bits per heavy atom. The summed E-state index contributed by atoms with van der Waals surface area (Å²) in [4.78, 5) is 1.71. The number of alkyl halides is 6. The molecule has 14 heteroatoms. The Kier molecular flexibility index (Phi) is 12.8. The van der Waals surface area contributed by atoms with E-state index in [-0.39, 0.29) is 17.7 Å². The quantitative estimate of drug-likeness (QED) is 0.106. The van der Waals surface area contributed by atoms with E-state index in [0.29, 0.717) is 0 Å². The topological polar surface area (TPSA) is 84.9 Å². The molecule has 0 bridgehead atoms. The molecule has 4 aromatic rings. The molecule has 0 aliphatic rings. The van der Waals surface area contributed by atoms with Crippen LogP contribution in [0, 0.1) is 0 Å². The Morgan fingerprint density at radius 3 is 1.29 bits per heavy atom. The Hall–Kier alpha value is -3.88. The molecule has 4 aromatic carbocycles. The van der Waals surface area contributed by atoms with Crippen LogP contribution < -0.4 is 14.2 Å². The lowest BCUT2D eigenvalue weighted by molar-refractivity contribution is -0.144. The SMILES string of the molecule is CC(C)(C)Oc1cc(OC(C)(C)C)c([S+](c2ccccc2)c2ccccc2)c(OC(C)(C)C)c1.O=S(=O)([O-])c1ccc(C(F)(F)F)cc1C(F)(F)F. The third-order valence-corrected chi connectivity index (χ3v) is 9.49. The van der Waals surface area contributed by atoms with Gasteiger partial charge in [-0.1, -0.05) is 36.4 Å². The van der Waals surface area contributed by atoms with Crippen molar-refractivity contribution in [2.75, 3.05) is 0 Å². The molecule has 6 nitrogen and oxygen atoms in total. The van der Waals surface area contributed by atoms with E-state index in [4.69, 9.17) is 14.2 Å². The average molecular weight is 773 g/mol. The molecule has 0 aliphatic carbocycles. The fraction of sp³-hybridized carbons (Fsp3) is 0.368. The zero-order chi connectivity index (χ0) is 39.5. The van der Waals surface area contributed by atoms with Crippen molar-refractivity contribution in [2.45, 2.75) is 111 Å². The van der Waals surface area contributed by atoms with Gasteiger partial charge in [-0.3, -0.25) is 0 Å². The molecule has 0 saturated carbocycles. The maximum Gasteiger partial charge on any atom is 0.417 e. The lowest BCUT2D eigenvalue weighted by Crippen LogP contribution is -2.27. The van der Waals surface area contributed by atoms with Crippen LogP contribution in [0.5, 0.6) is 17.2 Å². The molecule has 0 radical (unpaired) electrons. The summed E-state index contributed by atoms with van der Waals surface area (Å²) in [5, 5.41) is 0. The first kappa shape index (κ1) is 42.5. The summed E-state index contributed by atoms with van der Waals surface area (Å²) in [6.07, 6.45) is -10.5. The van der Waals surface area contributed by atoms with E-state index in [2.05, 4.69) is 102 Å². The smallest absolute Gasteiger partial charge is 0.417 e. The first-order valence-corrected chi connectivity index (χ1v) is 18.5. The molecule has 0 fully saturated rings. The average Bonchev–Trinajstić information content (AvgIpc) is 2.96. The molecule has 0 atom stereocenters. The van der Waals surface area contributed by atoms with Crippen molar-refractivity contribution in [3.63, 3.8) is 0 Å². The molecule has 0 aliphatic heterocycles. The minimum atomic E-state index is -5.52. The minimum Gasteiger partial charge on any atom is -0.744 e. The molecule has 0 spiro atoms. The van der Waals surface area contributed by atoms with E-state index in [9.17, 15) is 39.3 Å². The fourth-order valence-corrected chi connectivity index (χ4v) is 7.49. The Bertz CT molecular complexity index is 1830. The van der Waals surface area contributed by atoms with Gasteiger partial charge in [-0.25, -0.2) is 8.42 Å². The largest absolute Gasteiger partial charge is 0.744 e. The van der Waals surface area contributed by atoms with E-state index in [1.807, 2.05) is 32.9 Å². The zero-order valence-electron chi connectivity index (χ0n) is 30.2. The fourth-order valence-electron chi connectivity index (χ4n) is 4.61. The molecule has 0 saturated heterocycles. The maximum absolute atomic E-state index is 12.4. The van der Waals surface area contributed by atoms with Gasteiger partial charge in [0, 0.05) is 12.1 Å². The summed E-state index contributed by atoms with van der Waals surface area (Å²) in [7, 11) is -5.96. The Balaban J connectivity index is 0.000000341. The molecular formula is C38H42F6O6S2. The summed E-state index contributed by atoms with van der Waals surface area (Å²) in [5.74, 6) is 2.30. The Labute approximate surface area is 304 Å². The van der Waals surface area contributed by atoms with Gasteiger partial charge in [0.15, 0.2) is 21.3 Å². The summed E-state index contributed by atoms with van der Waals surface area (Å²) in [6.45, 7) is 18.6. The number of ether oxygens (including phenoxy) is 3. The van der Waals surface area contributed by atoms with Crippen molar-refractivity contribution in [2.24, 2.45) is 0 Å². The highest BCUT2D eigenvalue weighted by Gasteiger charge is 2.40. The van der Waals surface area contributed by atoms with Gasteiger partial charge in [0.05, 0.1) is 16.0 Å². The molecule has 0 unspecified atom stereocenters. The van der Waals surface area contributed by atoms with Gasteiger partial charge in [-0.05, 0) is 105 Å². The lowest BCUT2D eigenvalue weighted by Gasteiger charge is -2.28. The van der Waals surface area contributed by atoms with Crippen molar-refractivity contribution in [1.82, 2.24) is 0 Å². The van der Waals surface area contributed by atoms with E-state index < -0.39 is 66.7 Å². The summed E-state index contributed by atoms with van der Waals surface area (Å²) < 4.78 is 125. The summed E-state index contributed by atoms with van der Waals surface area (Å²) in [5.41, 5.74) is -4.96. The van der Waals surface area contributed by atoms with Gasteiger partial charge in [0.2, 0.25) is 4.90 Å². The second-order valence-corrected chi connectivity index (χ2v) is 17.8. The summed E-state index contributed by atoms with van der Waals surface area (Å²) in [6, 6.07) is 24.9. The van der Waals surface area contributed by atoms with Crippen molar-refractivity contribution >= 4 is 21.0 Å². The van der Waals surface area contributed by atoms with Crippen LogP contribution in [0.15, 0.2) is 111 Å². The van der Waals surface area contributed by atoms with Gasteiger partial charge in [0.25, 0.3) is 0 Å². The number of benzene rings is 4. The molecule has 0 N–H and O–H groups in total. The highest BCUT2D eigenvalue weighted by Crippen LogP contribution is 2.47. The van der Waals surface area contributed by atoms with Gasteiger partial charge in [0.1, 0.15) is 43.6 Å². The van der Waals surface area contributed by atoms with Crippen molar-refractivity contribution in [3.8, 4) is 17.2 Å². The molecule has 4 rings (SSSR count). The van der Waals surface area contributed by atoms with Crippen LogP contribution in [-0.4, -0.2) is 29.8 Å². The monoisotopic (exact) mass is 772 g/mol. The maximum atomic E-state index is 12.4. The van der Waals surface area contributed by atoms with Gasteiger partial charge >= 0.3 is 12.4 Å². The van der Waals surface area contributed by atoms with Crippen LogP contribution >= 0.6 is 0 Å². The number of halogens is 6. The van der Waals surface area contributed by atoms with Crippen molar-refractivity contribution in [1.29, 1.82) is 0 Å². The van der Waals surface area contributed by atoms with Crippen molar-refractivity contribution < 1.29 is 53.5 Å². The number of hydrogen-bond donors (Lipinski definition) is 0. The van der Waals surface area contributed by atoms with Gasteiger partial charge in [-0.15, -0.1) is 0 Å². The van der Waals surface area contributed by atoms with Gasteiger partial charge in [-0.2, -0.15) is 26.3 Å². The van der Waals surface area contributed by atoms with E-state index in [0.717, 1.165) is 22.1 Å². The van der Waals surface area contributed by atoms with Crippen LogP contribution in [-0.2, 0) is 33.4 Å². The molecule has 0 amide bonds. The molecule has 284 valence electrons. The van der Waals surface area contributed by atoms with Crippen LogP contribution in [0.25, 0.3) is 0 Å². The van der Waals surface area contributed by atoms with Crippen LogP contribution in [0.1, 0.15) is 73.4 Å². The van der Waals surface area contributed by atoms with Crippen LogP contribution in [0.3, 0.4) is 0 Å². The number of hydrogen-bond acceptors (Lipinski definition) is 6. The summed E-state index contributed by atoms with van der Waals surface area (Å²) >= 11 is 0. The third kappa shape index (κ3) is 12.7. The van der Waals surface area contributed by atoms with Crippen LogP contribution in [0.2, 0.25) is 0 Å². The van der Waals surface area contributed by atoms with E-state index >= 15 is 0 Å². The standard InChI is InChI=1S/C30H39O3S.C8H4F6O3S/c1-28(2,3)31-22-20-25(32-29(4,5)6)27(26(21-22)33-30(7,8)9)34(23-16-12-10-13-17-23)24-18-14-11-15-19-24;9-7(10,11)4-1-2-6(18(15,16)17)5(3-4)8(12,13)14/h10-21H,1-9H3;1-3H,(H,15,16,17)/q+1;/p-1. The second kappa shape index (κ2) is 15.6. The van der Waals surface area contributed by atoms with E-state index in [1.165, 1.54) is 9.79 Å².